The third-order valence-corrected chi connectivity index (χ3v) is 2.21. The summed E-state index contributed by atoms with van der Waals surface area (Å²) in [6.07, 6.45) is 1.48. The van der Waals surface area contributed by atoms with Gasteiger partial charge in [0.15, 0.2) is 0 Å². The van der Waals surface area contributed by atoms with Gasteiger partial charge in [-0.2, -0.15) is 4.99 Å². The van der Waals surface area contributed by atoms with E-state index in [9.17, 15) is 9.59 Å². The van der Waals surface area contributed by atoms with Crippen LogP contribution >= 0.6 is 0 Å². The Bertz CT molecular complexity index is 622. The number of nitrogens with one attached hydrogen (secondary N) is 1. The number of carbonyl (C=O) groups excluding carboxylic acids is 1. The molecule has 0 aliphatic heterocycles. The first-order valence-corrected chi connectivity index (χ1v) is 4.42. The molecule has 0 spiro atoms. The van der Waals surface area contributed by atoms with E-state index in [1.54, 1.807) is 18.2 Å². The Morgan fingerprint density at radius 2 is 2.13 bits per heavy atom. The van der Waals surface area contributed by atoms with Crippen molar-refractivity contribution in [3.63, 3.8) is 0 Å². The lowest BCUT2D eigenvalue weighted by molar-refractivity contribution is 0.565. The van der Waals surface area contributed by atoms with Gasteiger partial charge in [0.05, 0.1) is 5.69 Å². The molecule has 0 aliphatic rings. The number of aromatic amines is 1. The van der Waals surface area contributed by atoms with Crippen molar-refractivity contribution in [2.45, 2.75) is 6.92 Å². The van der Waals surface area contributed by atoms with Gasteiger partial charge in [0.25, 0.3) is 0 Å². The number of hydrogen-bond donors (Lipinski definition) is 1. The van der Waals surface area contributed by atoms with Gasteiger partial charge in [-0.25, -0.2) is 4.79 Å². The maximum absolute atomic E-state index is 11.2. The number of nitrogens with zero attached hydrogens (tertiary/aromatic N) is 1. The molecule has 74 valence electrons. The fourth-order valence-corrected chi connectivity index (χ4v) is 1.53. The lowest BCUT2D eigenvalue weighted by Crippen LogP contribution is -2.04. The minimum absolute atomic E-state index is 0.133. The Morgan fingerprint density at radius 3 is 2.87 bits per heavy atom. The van der Waals surface area contributed by atoms with Gasteiger partial charge >= 0.3 is 0 Å². The number of aromatic nitrogens is 1. The van der Waals surface area contributed by atoms with Crippen LogP contribution in [0, 0.1) is 6.92 Å². The topological polar surface area (TPSA) is 62.3 Å². The van der Waals surface area contributed by atoms with Gasteiger partial charge in [0.2, 0.25) is 11.6 Å². The molecule has 0 radical (unpaired) electrons. The van der Waals surface area contributed by atoms with E-state index in [0.29, 0.717) is 5.69 Å². The molecule has 2 aromatic rings. The van der Waals surface area contributed by atoms with Crippen molar-refractivity contribution in [2.75, 3.05) is 0 Å². The predicted octanol–water partition coefficient (Wildman–Crippen LogP) is 1.80. The van der Waals surface area contributed by atoms with Crippen LogP contribution in [0.5, 0.6) is 0 Å². The predicted molar refractivity (Wildman–Crippen MR) is 57.1 cm³/mol. The average Bonchev–Trinajstić information content (AvgIpc) is 2.19. The smallest absolute Gasteiger partial charge is 0.248 e. The molecule has 4 nitrogen and oxygen atoms in total. The first-order valence-electron chi connectivity index (χ1n) is 4.42. The number of aliphatic imine (C=N–C) groups is 1. The molecule has 0 atom stereocenters. The molecule has 0 aliphatic carbocycles. The Labute approximate surface area is 85.3 Å². The number of pyridine rings is 1. The van der Waals surface area contributed by atoms with E-state index < -0.39 is 0 Å². The fourth-order valence-electron chi connectivity index (χ4n) is 1.53. The molecule has 0 unspecified atom stereocenters. The quantitative estimate of drug-likeness (QED) is 0.563. The van der Waals surface area contributed by atoms with Crippen LogP contribution < -0.4 is 5.56 Å². The standard InChI is InChI=1S/C11H8N2O2/c1-7-4-11(15)13-10-3-2-8(12-6-14)5-9(7)10/h2-5H,1H3,(H,13,15). The molecule has 0 saturated carbocycles. The second kappa shape index (κ2) is 3.52. The summed E-state index contributed by atoms with van der Waals surface area (Å²) in [6.45, 7) is 1.84. The molecule has 1 heterocycles. The monoisotopic (exact) mass is 200 g/mol. The molecule has 0 saturated heterocycles. The number of fused-ring (bicyclic) bond motifs is 1. The molecule has 0 bridgehead atoms. The third-order valence-electron chi connectivity index (χ3n) is 2.21. The molecule has 4 heteroatoms. The second-order valence-corrected chi connectivity index (χ2v) is 3.25. The zero-order valence-corrected chi connectivity index (χ0v) is 8.07. The van der Waals surface area contributed by atoms with Gasteiger partial charge in [-0.15, -0.1) is 0 Å². The second-order valence-electron chi connectivity index (χ2n) is 3.25. The van der Waals surface area contributed by atoms with Gasteiger partial charge in [-0.05, 0) is 30.7 Å². The van der Waals surface area contributed by atoms with Crippen molar-refractivity contribution >= 4 is 22.7 Å². The van der Waals surface area contributed by atoms with E-state index in [-0.39, 0.29) is 5.56 Å². The largest absolute Gasteiger partial charge is 0.322 e. The maximum atomic E-state index is 11.2. The van der Waals surface area contributed by atoms with Gasteiger partial charge in [0, 0.05) is 17.0 Å². The zero-order valence-electron chi connectivity index (χ0n) is 8.07. The first kappa shape index (κ1) is 9.37. The van der Waals surface area contributed by atoms with Crippen molar-refractivity contribution in [1.82, 2.24) is 4.98 Å². The number of H-pyrrole nitrogens is 1. The minimum Gasteiger partial charge on any atom is -0.322 e. The van der Waals surface area contributed by atoms with E-state index in [1.165, 1.54) is 12.1 Å². The summed E-state index contributed by atoms with van der Waals surface area (Å²) in [6, 6.07) is 6.63. The van der Waals surface area contributed by atoms with Crippen LogP contribution in [0.2, 0.25) is 0 Å². The number of hydrogen-bond acceptors (Lipinski definition) is 3. The highest BCUT2D eigenvalue weighted by atomic mass is 16.1. The fraction of sp³-hybridized carbons (Fsp3) is 0.0909. The van der Waals surface area contributed by atoms with Crippen LogP contribution in [-0.4, -0.2) is 11.1 Å². The third kappa shape index (κ3) is 1.71. The van der Waals surface area contributed by atoms with Crippen LogP contribution in [0.3, 0.4) is 0 Å². The Kier molecular flexibility index (Phi) is 2.20. The molecule has 0 fully saturated rings. The van der Waals surface area contributed by atoms with Crippen LogP contribution in [0.15, 0.2) is 34.1 Å². The van der Waals surface area contributed by atoms with E-state index in [2.05, 4.69) is 9.98 Å². The van der Waals surface area contributed by atoms with Crippen LogP contribution in [0.1, 0.15) is 5.56 Å². The lowest BCUT2D eigenvalue weighted by Gasteiger charge is -2.01. The highest BCUT2D eigenvalue weighted by Gasteiger charge is 2.00. The summed E-state index contributed by atoms with van der Waals surface area (Å²) in [5.74, 6) is 0. The van der Waals surface area contributed by atoms with Crippen LogP contribution in [-0.2, 0) is 4.79 Å². The van der Waals surface area contributed by atoms with E-state index in [4.69, 9.17) is 0 Å². The minimum atomic E-state index is -0.133. The van der Waals surface area contributed by atoms with E-state index in [1.807, 2.05) is 6.92 Å². The van der Waals surface area contributed by atoms with Crippen LogP contribution in [0.25, 0.3) is 10.9 Å². The molecule has 2 rings (SSSR count). The molecule has 15 heavy (non-hydrogen) atoms. The molecule has 1 aromatic carbocycles. The summed E-state index contributed by atoms with van der Waals surface area (Å²) in [5.41, 5.74) is 2.00. The number of isocyanates is 1. The molecular formula is C11H8N2O2. The summed E-state index contributed by atoms with van der Waals surface area (Å²) in [4.78, 5) is 27.5. The SMILES string of the molecule is Cc1cc(=O)[nH]c2ccc(N=C=O)cc12. The first-order chi connectivity index (χ1) is 7.20. The highest BCUT2D eigenvalue weighted by molar-refractivity contribution is 5.84. The van der Waals surface area contributed by atoms with E-state index in [0.717, 1.165) is 16.5 Å². The highest BCUT2D eigenvalue weighted by Crippen LogP contribution is 2.20. The van der Waals surface area contributed by atoms with Crippen molar-refractivity contribution in [1.29, 1.82) is 0 Å². The van der Waals surface area contributed by atoms with Crippen molar-refractivity contribution < 1.29 is 4.79 Å². The summed E-state index contributed by atoms with van der Waals surface area (Å²) >= 11 is 0. The van der Waals surface area contributed by atoms with Crippen LogP contribution in [0.4, 0.5) is 5.69 Å². The van der Waals surface area contributed by atoms with Gasteiger partial charge in [-0.3, -0.25) is 4.79 Å². The lowest BCUT2D eigenvalue weighted by atomic mass is 10.1. The average molecular weight is 200 g/mol. The molecule has 1 aromatic heterocycles. The number of rotatable bonds is 1. The normalized spacial score (nSPS) is 9.93. The molecule has 0 amide bonds. The number of aryl methyl sites for hydroxylation is 1. The van der Waals surface area contributed by atoms with Crippen molar-refractivity contribution in [2.24, 2.45) is 4.99 Å². The number of benzene rings is 1. The Morgan fingerprint density at radius 1 is 1.33 bits per heavy atom. The maximum Gasteiger partial charge on any atom is 0.248 e. The van der Waals surface area contributed by atoms with E-state index >= 15 is 0 Å². The van der Waals surface area contributed by atoms with Gasteiger partial charge in [0.1, 0.15) is 0 Å². The van der Waals surface area contributed by atoms with Crippen molar-refractivity contribution in [3.05, 3.63) is 40.2 Å². The van der Waals surface area contributed by atoms with Gasteiger partial charge < -0.3 is 4.98 Å². The van der Waals surface area contributed by atoms with Gasteiger partial charge in [-0.1, -0.05) is 0 Å². The zero-order chi connectivity index (χ0) is 10.8. The molecular weight excluding hydrogens is 192 g/mol. The Hall–Kier alpha value is -2.19. The molecule has 1 N–H and O–H groups in total. The summed E-state index contributed by atoms with van der Waals surface area (Å²) in [5, 5.41) is 0.881. The Balaban J connectivity index is 2.82. The van der Waals surface area contributed by atoms with Crippen molar-refractivity contribution in [3.8, 4) is 0 Å². The summed E-state index contributed by atoms with van der Waals surface area (Å²) < 4.78 is 0. The summed E-state index contributed by atoms with van der Waals surface area (Å²) in [7, 11) is 0.